The van der Waals surface area contributed by atoms with Crippen molar-refractivity contribution in [3.8, 4) is 0 Å². The van der Waals surface area contributed by atoms with Crippen LogP contribution in [-0.2, 0) is 16.0 Å². The highest BCUT2D eigenvalue weighted by molar-refractivity contribution is 6.04. The minimum atomic E-state index is -0.383. The van der Waals surface area contributed by atoms with Gasteiger partial charge in [-0.1, -0.05) is 0 Å². The Balaban J connectivity index is 1.78. The zero-order chi connectivity index (χ0) is 17.8. The van der Waals surface area contributed by atoms with Crippen LogP contribution in [0.2, 0.25) is 0 Å². The fraction of sp³-hybridized carbons (Fsp3) is 0.263. The highest BCUT2D eigenvalue weighted by Gasteiger charge is 2.22. The van der Waals surface area contributed by atoms with Crippen molar-refractivity contribution in [3.63, 3.8) is 0 Å². The van der Waals surface area contributed by atoms with Crippen LogP contribution >= 0.6 is 0 Å². The minimum absolute atomic E-state index is 0.0441. The summed E-state index contributed by atoms with van der Waals surface area (Å²) in [4.78, 5) is 26.1. The highest BCUT2D eigenvalue weighted by Crippen LogP contribution is 2.30. The number of aryl methyl sites for hydroxylation is 1. The number of carbonyl (C=O) groups is 2. The van der Waals surface area contributed by atoms with Crippen LogP contribution in [0.4, 0.5) is 15.8 Å². The molecule has 2 aromatic rings. The summed E-state index contributed by atoms with van der Waals surface area (Å²) in [5.74, 6) is -0.763. The van der Waals surface area contributed by atoms with Gasteiger partial charge in [0.2, 0.25) is 0 Å². The van der Waals surface area contributed by atoms with Crippen LogP contribution in [0, 0.1) is 5.82 Å². The maximum absolute atomic E-state index is 12.9. The first-order chi connectivity index (χ1) is 12.1. The Morgan fingerprint density at radius 3 is 2.68 bits per heavy atom. The maximum atomic E-state index is 12.9. The number of nitrogens with one attached hydrogen (secondary N) is 1. The summed E-state index contributed by atoms with van der Waals surface area (Å²) in [6, 6.07) is 10.9. The van der Waals surface area contributed by atoms with E-state index in [1.54, 1.807) is 11.0 Å². The van der Waals surface area contributed by atoms with Gasteiger partial charge < -0.3 is 15.0 Å². The summed E-state index contributed by atoms with van der Waals surface area (Å²) in [6.07, 6.45) is 1.70. The second kappa shape index (κ2) is 7.44. The van der Waals surface area contributed by atoms with E-state index in [0.717, 1.165) is 24.1 Å². The molecular weight excluding hydrogens is 323 g/mol. The molecule has 130 valence electrons. The molecule has 0 saturated heterocycles. The van der Waals surface area contributed by atoms with Gasteiger partial charge in [0.25, 0.3) is 11.8 Å². The van der Waals surface area contributed by atoms with E-state index in [0.29, 0.717) is 17.8 Å². The molecule has 0 saturated carbocycles. The number of benzene rings is 2. The maximum Gasteiger partial charge on any atom is 0.255 e. The average Bonchev–Trinajstić information content (AvgIpc) is 2.61. The number of fused-ring (bicyclic) bond motifs is 1. The molecule has 2 aromatic carbocycles. The molecule has 0 unspecified atom stereocenters. The molecule has 1 aliphatic rings. The Kier molecular flexibility index (Phi) is 5.09. The molecule has 1 heterocycles. The van der Waals surface area contributed by atoms with Crippen LogP contribution in [0.1, 0.15) is 22.3 Å². The molecule has 25 heavy (non-hydrogen) atoms. The van der Waals surface area contributed by atoms with E-state index in [-0.39, 0.29) is 24.2 Å². The summed E-state index contributed by atoms with van der Waals surface area (Å²) < 4.78 is 17.9. The van der Waals surface area contributed by atoms with Gasteiger partial charge in [-0.15, -0.1) is 0 Å². The summed E-state index contributed by atoms with van der Waals surface area (Å²) in [5, 5.41) is 2.81. The van der Waals surface area contributed by atoms with Gasteiger partial charge in [0.15, 0.2) is 0 Å². The number of anilines is 2. The molecule has 0 atom stereocenters. The van der Waals surface area contributed by atoms with Crippen molar-refractivity contribution in [2.75, 3.05) is 30.5 Å². The number of hydrogen-bond acceptors (Lipinski definition) is 3. The number of halogens is 1. The Morgan fingerprint density at radius 2 is 1.96 bits per heavy atom. The fourth-order valence-corrected chi connectivity index (χ4v) is 2.94. The number of hydrogen-bond donors (Lipinski definition) is 1. The van der Waals surface area contributed by atoms with Gasteiger partial charge in [-0.2, -0.15) is 0 Å². The standard InChI is InChI=1S/C19H19FN2O3/c1-25-12-18(23)22-10-2-3-14-11-16(8-9-17(14)22)21-19(24)13-4-6-15(20)7-5-13/h4-9,11H,2-3,10,12H2,1H3,(H,21,24). The molecule has 6 heteroatoms. The molecule has 0 bridgehead atoms. The lowest BCUT2D eigenvalue weighted by molar-refractivity contribution is -0.122. The van der Waals surface area contributed by atoms with Crippen molar-refractivity contribution in [3.05, 3.63) is 59.4 Å². The van der Waals surface area contributed by atoms with Crippen molar-refractivity contribution in [2.24, 2.45) is 0 Å². The zero-order valence-corrected chi connectivity index (χ0v) is 13.9. The highest BCUT2D eigenvalue weighted by atomic mass is 19.1. The van der Waals surface area contributed by atoms with Gasteiger partial charge in [-0.05, 0) is 60.9 Å². The fourth-order valence-electron chi connectivity index (χ4n) is 2.94. The van der Waals surface area contributed by atoms with E-state index in [2.05, 4.69) is 5.32 Å². The number of rotatable bonds is 4. The minimum Gasteiger partial charge on any atom is -0.375 e. The third kappa shape index (κ3) is 3.85. The summed E-state index contributed by atoms with van der Waals surface area (Å²) in [7, 11) is 1.50. The van der Waals surface area contributed by atoms with Crippen LogP contribution in [-0.4, -0.2) is 32.1 Å². The lowest BCUT2D eigenvalue weighted by atomic mass is 10.0. The Morgan fingerprint density at radius 1 is 1.20 bits per heavy atom. The summed E-state index contributed by atoms with van der Waals surface area (Å²) in [6.45, 7) is 0.707. The smallest absolute Gasteiger partial charge is 0.255 e. The monoisotopic (exact) mass is 342 g/mol. The van der Waals surface area contributed by atoms with Crippen molar-refractivity contribution < 1.29 is 18.7 Å². The van der Waals surface area contributed by atoms with E-state index in [4.69, 9.17) is 4.74 Å². The Bertz CT molecular complexity index is 790. The third-order valence-corrected chi connectivity index (χ3v) is 4.13. The predicted molar refractivity (Wildman–Crippen MR) is 93.3 cm³/mol. The second-order valence-electron chi connectivity index (χ2n) is 5.89. The first kappa shape index (κ1) is 17.1. The van der Waals surface area contributed by atoms with Crippen molar-refractivity contribution in [1.29, 1.82) is 0 Å². The van der Waals surface area contributed by atoms with Crippen LogP contribution in [0.25, 0.3) is 0 Å². The van der Waals surface area contributed by atoms with E-state index in [1.165, 1.54) is 31.4 Å². The SMILES string of the molecule is COCC(=O)N1CCCc2cc(NC(=O)c3ccc(F)cc3)ccc21. The lowest BCUT2D eigenvalue weighted by Gasteiger charge is -2.29. The van der Waals surface area contributed by atoms with Crippen molar-refractivity contribution in [1.82, 2.24) is 0 Å². The van der Waals surface area contributed by atoms with Crippen molar-refractivity contribution in [2.45, 2.75) is 12.8 Å². The molecule has 2 amide bonds. The molecule has 5 nitrogen and oxygen atoms in total. The molecule has 0 radical (unpaired) electrons. The van der Waals surface area contributed by atoms with Gasteiger partial charge in [0.1, 0.15) is 12.4 Å². The predicted octanol–water partition coefficient (Wildman–Crippen LogP) is 3.00. The van der Waals surface area contributed by atoms with Gasteiger partial charge in [-0.3, -0.25) is 9.59 Å². The molecule has 1 N–H and O–H groups in total. The summed E-state index contributed by atoms with van der Waals surface area (Å²) in [5.41, 5.74) is 2.89. The first-order valence-corrected chi connectivity index (χ1v) is 8.07. The average molecular weight is 342 g/mol. The van der Waals surface area contributed by atoms with Crippen molar-refractivity contribution >= 4 is 23.2 Å². The first-order valence-electron chi connectivity index (χ1n) is 8.07. The number of nitrogens with zero attached hydrogens (tertiary/aromatic N) is 1. The van der Waals surface area contributed by atoms with E-state index < -0.39 is 0 Å². The molecule has 0 spiro atoms. The number of ether oxygens (including phenoxy) is 1. The largest absolute Gasteiger partial charge is 0.375 e. The van der Waals surface area contributed by atoms with Crippen LogP contribution in [0.5, 0.6) is 0 Å². The van der Waals surface area contributed by atoms with Gasteiger partial charge in [0, 0.05) is 30.6 Å². The molecule has 0 aliphatic carbocycles. The van der Waals surface area contributed by atoms with Gasteiger partial charge in [-0.25, -0.2) is 4.39 Å². The number of amides is 2. The normalized spacial score (nSPS) is 13.3. The Labute approximate surface area is 145 Å². The summed E-state index contributed by atoms with van der Waals surface area (Å²) >= 11 is 0. The van der Waals surface area contributed by atoms with Gasteiger partial charge in [0.05, 0.1) is 0 Å². The molecule has 0 aromatic heterocycles. The van der Waals surface area contributed by atoms with Gasteiger partial charge >= 0.3 is 0 Å². The molecule has 1 aliphatic heterocycles. The Hall–Kier alpha value is -2.73. The second-order valence-corrected chi connectivity index (χ2v) is 5.89. The van der Waals surface area contributed by atoms with Crippen LogP contribution < -0.4 is 10.2 Å². The number of methoxy groups -OCH3 is 1. The van der Waals surface area contributed by atoms with E-state index in [9.17, 15) is 14.0 Å². The third-order valence-electron chi connectivity index (χ3n) is 4.13. The molecule has 3 rings (SSSR count). The topological polar surface area (TPSA) is 58.6 Å². The van der Waals surface area contributed by atoms with Crippen LogP contribution in [0.3, 0.4) is 0 Å². The van der Waals surface area contributed by atoms with E-state index >= 15 is 0 Å². The molecule has 0 fully saturated rings. The lowest BCUT2D eigenvalue weighted by Crippen LogP contribution is -2.37. The molecular formula is C19H19FN2O3. The van der Waals surface area contributed by atoms with E-state index in [1.807, 2.05) is 12.1 Å². The van der Waals surface area contributed by atoms with Crippen LogP contribution in [0.15, 0.2) is 42.5 Å². The number of carbonyl (C=O) groups excluding carboxylic acids is 2. The zero-order valence-electron chi connectivity index (χ0n) is 13.9. The quantitative estimate of drug-likeness (QED) is 0.929.